The molecular formula is C47H52IrN3. The Bertz CT molecular complexity index is 1960. The molecule has 0 amide bonds. The predicted octanol–water partition coefficient (Wildman–Crippen LogP) is 12.7. The predicted molar refractivity (Wildman–Crippen MR) is 211 cm³/mol. The molecule has 0 saturated heterocycles. The Balaban J connectivity index is 0.000000291. The number of pyridine rings is 1. The van der Waals surface area contributed by atoms with Crippen LogP contribution in [0.3, 0.4) is 0 Å². The molecule has 3 nitrogen and oxygen atoms in total. The minimum absolute atomic E-state index is 0. The standard InChI is InChI=1S/C36H44N2.C11H8N.Ir/c1-22(2)24-16-25(23(3)4)18-26(17-24)37-21-38-32-20-29-28(34(5,6)14-15-35(29,7)8)19-30(32)36(9,10)27-12-11-13-31(37)33(27)38;1-2-6-10(7-3-1)11-8-4-5-9-12-11;/h11-13,16-19,21-23H,14-15H2,1-10H3;1-6,8-9H;/q-2;-1;+3. The smallest absolute Gasteiger partial charge is 0.493 e. The van der Waals surface area contributed by atoms with Crippen molar-refractivity contribution in [2.45, 2.75) is 110 Å². The monoisotopic (exact) mass is 851 g/mol. The topological polar surface area (TPSA) is 19.4 Å². The van der Waals surface area contributed by atoms with E-state index in [2.05, 4.69) is 145 Å². The number of hydrogen-bond donors (Lipinski definition) is 0. The van der Waals surface area contributed by atoms with Gasteiger partial charge in [0.1, 0.15) is 0 Å². The molecule has 2 aliphatic heterocycles. The summed E-state index contributed by atoms with van der Waals surface area (Å²) >= 11 is 0. The second kappa shape index (κ2) is 13.7. The summed E-state index contributed by atoms with van der Waals surface area (Å²) in [6.45, 7) is 26.0. The second-order valence-corrected chi connectivity index (χ2v) is 16.9. The average Bonchev–Trinajstić information content (AvgIpc) is 3.50. The maximum atomic E-state index is 4.22. The van der Waals surface area contributed by atoms with Gasteiger partial charge in [-0.2, -0.15) is 17.7 Å². The van der Waals surface area contributed by atoms with Crippen molar-refractivity contribution in [2.75, 3.05) is 9.80 Å². The quantitative estimate of drug-likeness (QED) is 0.168. The van der Waals surface area contributed by atoms with Crippen molar-refractivity contribution in [3.8, 4) is 11.3 Å². The van der Waals surface area contributed by atoms with E-state index in [-0.39, 0.29) is 36.4 Å². The SMILES string of the molecule is CC(C)c1cc(C(C)C)cc(N2[CH-]N3c4[c-]c5c(cc4C(C)(C)c4cccc2c43)C(C)(C)CCC5(C)C)c1.[Ir+3].[c-]1ccccc1-c1ccccn1. The largest absolute Gasteiger partial charge is 3.00 e. The average molecular weight is 851 g/mol. The number of para-hydroxylation sites is 1. The van der Waals surface area contributed by atoms with Gasteiger partial charge >= 0.3 is 20.1 Å². The van der Waals surface area contributed by atoms with Crippen molar-refractivity contribution in [2.24, 2.45) is 0 Å². The number of rotatable bonds is 4. The Hall–Kier alpha value is -3.72. The van der Waals surface area contributed by atoms with Gasteiger partial charge in [0.25, 0.3) is 0 Å². The Morgan fingerprint density at radius 2 is 1.39 bits per heavy atom. The third-order valence-electron chi connectivity index (χ3n) is 11.4. The van der Waals surface area contributed by atoms with Gasteiger partial charge < -0.3 is 14.8 Å². The molecule has 264 valence electrons. The first-order valence-electron chi connectivity index (χ1n) is 18.4. The Morgan fingerprint density at radius 1 is 0.706 bits per heavy atom. The van der Waals surface area contributed by atoms with Gasteiger partial charge in [0.2, 0.25) is 0 Å². The number of fused-ring (bicyclic) bond motifs is 3. The first-order chi connectivity index (χ1) is 23.7. The van der Waals surface area contributed by atoms with Crippen molar-refractivity contribution in [3.05, 3.63) is 143 Å². The molecule has 4 heteroatoms. The molecule has 0 spiro atoms. The van der Waals surface area contributed by atoms with Crippen LogP contribution in [0.1, 0.15) is 127 Å². The normalized spacial score (nSPS) is 17.2. The maximum absolute atomic E-state index is 4.22. The van der Waals surface area contributed by atoms with E-state index in [1.807, 2.05) is 42.5 Å². The van der Waals surface area contributed by atoms with Gasteiger partial charge in [-0.05, 0) is 75.7 Å². The summed E-state index contributed by atoms with van der Waals surface area (Å²) < 4.78 is 0. The number of hydrogen-bond acceptors (Lipinski definition) is 3. The van der Waals surface area contributed by atoms with Gasteiger partial charge in [-0.15, -0.1) is 53.7 Å². The van der Waals surface area contributed by atoms with Crippen molar-refractivity contribution < 1.29 is 20.1 Å². The van der Waals surface area contributed by atoms with E-state index in [4.69, 9.17) is 0 Å². The van der Waals surface area contributed by atoms with Gasteiger partial charge in [-0.25, -0.2) is 0 Å². The molecular weight excluding hydrogens is 799 g/mol. The van der Waals surface area contributed by atoms with E-state index in [9.17, 15) is 0 Å². The molecule has 4 aromatic carbocycles. The molecule has 51 heavy (non-hydrogen) atoms. The molecule has 0 saturated carbocycles. The first kappa shape index (κ1) is 37.0. The summed E-state index contributed by atoms with van der Waals surface area (Å²) in [7, 11) is 0. The summed E-state index contributed by atoms with van der Waals surface area (Å²) in [5, 5.41) is 0. The fourth-order valence-electron chi connectivity index (χ4n) is 7.94. The number of nitrogens with zero attached hydrogens (tertiary/aromatic N) is 3. The third-order valence-corrected chi connectivity index (χ3v) is 11.4. The van der Waals surface area contributed by atoms with E-state index in [0.717, 1.165) is 11.3 Å². The molecule has 8 rings (SSSR count). The van der Waals surface area contributed by atoms with Crippen molar-refractivity contribution >= 4 is 22.7 Å². The van der Waals surface area contributed by atoms with Crippen molar-refractivity contribution in [3.63, 3.8) is 0 Å². The van der Waals surface area contributed by atoms with Crippen LogP contribution in [0.4, 0.5) is 22.7 Å². The molecule has 0 unspecified atom stereocenters. The summed E-state index contributed by atoms with van der Waals surface area (Å²) in [6.07, 6.45) is 4.20. The molecule has 3 aliphatic rings. The molecule has 0 N–H and O–H groups in total. The van der Waals surface area contributed by atoms with Crippen LogP contribution in [0, 0.1) is 18.8 Å². The Kier molecular flexibility index (Phi) is 9.94. The van der Waals surface area contributed by atoms with Crippen LogP contribution in [0.5, 0.6) is 0 Å². The molecule has 0 atom stereocenters. The first-order valence-corrected chi connectivity index (χ1v) is 18.4. The summed E-state index contributed by atoms with van der Waals surface area (Å²) in [5.74, 6) is 0.968. The molecule has 0 bridgehead atoms. The van der Waals surface area contributed by atoms with Crippen LogP contribution in [-0.2, 0) is 36.4 Å². The third kappa shape index (κ3) is 6.60. The summed E-state index contributed by atoms with van der Waals surface area (Å²) in [4.78, 5) is 9.08. The van der Waals surface area contributed by atoms with E-state index >= 15 is 0 Å². The van der Waals surface area contributed by atoms with Crippen molar-refractivity contribution in [1.82, 2.24) is 4.98 Å². The van der Waals surface area contributed by atoms with Crippen molar-refractivity contribution in [1.29, 1.82) is 0 Å². The fraction of sp³-hybridized carbons (Fsp3) is 0.362. The van der Waals surface area contributed by atoms with Crippen LogP contribution in [-0.4, -0.2) is 4.98 Å². The minimum atomic E-state index is -0.104. The zero-order chi connectivity index (χ0) is 35.6. The van der Waals surface area contributed by atoms with Gasteiger partial charge in [0, 0.05) is 23.3 Å². The zero-order valence-corrected chi connectivity index (χ0v) is 34.4. The van der Waals surface area contributed by atoms with E-state index < -0.39 is 0 Å². The van der Waals surface area contributed by atoms with Gasteiger partial charge in [-0.1, -0.05) is 117 Å². The van der Waals surface area contributed by atoms with Crippen LogP contribution in [0.25, 0.3) is 11.3 Å². The van der Waals surface area contributed by atoms with Crippen LogP contribution >= 0.6 is 0 Å². The maximum Gasteiger partial charge on any atom is 3.00 e. The zero-order valence-electron chi connectivity index (χ0n) is 32.0. The number of aromatic nitrogens is 1. The Morgan fingerprint density at radius 3 is 2.02 bits per heavy atom. The molecule has 1 aliphatic carbocycles. The van der Waals surface area contributed by atoms with Gasteiger partial charge in [0.15, 0.2) is 0 Å². The molecule has 0 radical (unpaired) electrons. The van der Waals surface area contributed by atoms with Crippen LogP contribution in [0.15, 0.2) is 91.1 Å². The van der Waals surface area contributed by atoms with E-state index in [1.165, 1.54) is 69.0 Å². The van der Waals surface area contributed by atoms with Crippen LogP contribution < -0.4 is 9.80 Å². The molecule has 5 aromatic rings. The second-order valence-electron chi connectivity index (χ2n) is 16.9. The molecule has 3 heterocycles. The molecule has 0 fully saturated rings. The van der Waals surface area contributed by atoms with Crippen LogP contribution in [0.2, 0.25) is 0 Å². The summed E-state index contributed by atoms with van der Waals surface area (Å²) in [6, 6.07) is 37.5. The summed E-state index contributed by atoms with van der Waals surface area (Å²) in [5.41, 5.74) is 15.7. The molecule has 1 aromatic heterocycles. The Labute approximate surface area is 320 Å². The van der Waals surface area contributed by atoms with E-state index in [0.29, 0.717) is 11.8 Å². The fourth-order valence-corrected chi connectivity index (χ4v) is 7.94. The van der Waals surface area contributed by atoms with E-state index in [1.54, 1.807) is 6.20 Å². The number of benzene rings is 4. The minimum Gasteiger partial charge on any atom is -0.493 e. The van der Waals surface area contributed by atoms with Gasteiger partial charge in [-0.3, -0.25) is 0 Å². The number of anilines is 4. The van der Waals surface area contributed by atoms with Gasteiger partial charge in [0.05, 0.1) is 0 Å².